The molecule has 6 rings (SSSR count). The predicted molar refractivity (Wildman–Crippen MR) is 149 cm³/mol. The van der Waals surface area contributed by atoms with E-state index in [-0.39, 0.29) is 0 Å². The molecule has 1 fully saturated rings. The van der Waals surface area contributed by atoms with Gasteiger partial charge in [-0.05, 0) is 67.1 Å². The highest BCUT2D eigenvalue weighted by atomic mass is 32.1. The van der Waals surface area contributed by atoms with Gasteiger partial charge in [0.1, 0.15) is 11.3 Å². The van der Waals surface area contributed by atoms with Gasteiger partial charge < -0.3 is 16.0 Å². The number of benzene rings is 1. The highest BCUT2D eigenvalue weighted by Crippen LogP contribution is 2.34. The minimum Gasteiger partial charge on any atom is -0.398 e. The van der Waals surface area contributed by atoms with E-state index in [0.717, 1.165) is 56.2 Å². The van der Waals surface area contributed by atoms with Gasteiger partial charge in [-0.1, -0.05) is 19.1 Å². The monoisotopic (exact) mass is 492 g/mol. The molecule has 1 saturated carbocycles. The van der Waals surface area contributed by atoms with Crippen LogP contribution in [0.1, 0.15) is 35.5 Å². The second-order valence-corrected chi connectivity index (χ2v) is 10.8. The summed E-state index contributed by atoms with van der Waals surface area (Å²) in [6.45, 7) is 6.33. The van der Waals surface area contributed by atoms with Gasteiger partial charge >= 0.3 is 0 Å². The third-order valence-corrected chi connectivity index (χ3v) is 7.96. The van der Waals surface area contributed by atoms with Crippen molar-refractivity contribution in [1.82, 2.24) is 19.9 Å². The van der Waals surface area contributed by atoms with Crippen molar-refractivity contribution in [2.75, 3.05) is 11.1 Å². The van der Waals surface area contributed by atoms with E-state index in [1.807, 2.05) is 36.9 Å². The molecule has 0 bridgehead atoms. The van der Waals surface area contributed by atoms with Gasteiger partial charge in [0.15, 0.2) is 0 Å². The smallest absolute Gasteiger partial charge is 0.111 e. The Bertz CT molecular complexity index is 1580. The van der Waals surface area contributed by atoms with Crippen LogP contribution in [0.25, 0.3) is 32.6 Å². The van der Waals surface area contributed by atoms with Crippen molar-refractivity contribution in [2.45, 2.75) is 32.6 Å². The summed E-state index contributed by atoms with van der Waals surface area (Å²) in [5.74, 6) is 1.43. The number of H-pyrrole nitrogens is 1. The maximum Gasteiger partial charge on any atom is 0.111 e. The fourth-order valence-corrected chi connectivity index (χ4v) is 5.53. The third-order valence-electron chi connectivity index (χ3n) is 6.92. The molecule has 0 spiro atoms. The number of nitrogens with two attached hydrogens (primary N) is 1. The van der Waals surface area contributed by atoms with Crippen LogP contribution in [0.3, 0.4) is 0 Å². The SMILES string of the molecule is C=C(Nc1cncc(-c2ccc(N)c(Cc3nc4c(-c5ccc(C)s5)cncc4[nH]3)c2)c1)C1CCC1. The van der Waals surface area contributed by atoms with Crippen molar-refractivity contribution in [2.24, 2.45) is 5.92 Å². The molecule has 36 heavy (non-hydrogen) atoms. The second-order valence-electron chi connectivity index (χ2n) is 9.51. The Morgan fingerprint density at radius 1 is 1.08 bits per heavy atom. The number of nitrogens with one attached hydrogen (secondary N) is 2. The van der Waals surface area contributed by atoms with E-state index in [0.29, 0.717) is 12.3 Å². The number of pyridine rings is 2. The molecule has 7 heteroatoms. The maximum absolute atomic E-state index is 6.39. The number of hydrogen-bond acceptors (Lipinski definition) is 6. The molecule has 6 nitrogen and oxygen atoms in total. The van der Waals surface area contributed by atoms with Crippen molar-refractivity contribution >= 4 is 33.7 Å². The molecule has 1 aliphatic carbocycles. The second kappa shape index (κ2) is 9.24. The zero-order valence-corrected chi connectivity index (χ0v) is 21.0. The van der Waals surface area contributed by atoms with Gasteiger partial charge in [0.25, 0.3) is 0 Å². The number of imidazole rings is 1. The minimum absolute atomic E-state index is 0.570. The van der Waals surface area contributed by atoms with Crippen LogP contribution < -0.4 is 11.1 Å². The molecular formula is C29H28N6S. The number of anilines is 2. The molecule has 1 aromatic carbocycles. The molecule has 0 saturated heterocycles. The summed E-state index contributed by atoms with van der Waals surface area (Å²) >= 11 is 1.75. The van der Waals surface area contributed by atoms with E-state index < -0.39 is 0 Å². The molecule has 5 aromatic rings. The molecule has 180 valence electrons. The minimum atomic E-state index is 0.570. The van der Waals surface area contributed by atoms with E-state index in [1.54, 1.807) is 11.3 Å². The summed E-state index contributed by atoms with van der Waals surface area (Å²) in [6, 6.07) is 12.5. The summed E-state index contributed by atoms with van der Waals surface area (Å²) < 4.78 is 0. The molecule has 0 atom stereocenters. The Morgan fingerprint density at radius 2 is 1.94 bits per heavy atom. The summed E-state index contributed by atoms with van der Waals surface area (Å²) in [5, 5.41) is 3.45. The maximum atomic E-state index is 6.39. The number of thiophene rings is 1. The van der Waals surface area contributed by atoms with Crippen molar-refractivity contribution in [3.05, 3.63) is 89.7 Å². The van der Waals surface area contributed by atoms with Gasteiger partial charge in [0.2, 0.25) is 0 Å². The van der Waals surface area contributed by atoms with E-state index >= 15 is 0 Å². The number of fused-ring (bicyclic) bond motifs is 1. The fourth-order valence-electron chi connectivity index (χ4n) is 4.66. The zero-order valence-electron chi connectivity index (χ0n) is 20.2. The van der Waals surface area contributed by atoms with Gasteiger partial charge in [-0.15, -0.1) is 11.3 Å². The number of aromatic amines is 1. The van der Waals surface area contributed by atoms with Crippen molar-refractivity contribution in [3.8, 4) is 21.6 Å². The Labute approximate surface area is 214 Å². The van der Waals surface area contributed by atoms with Gasteiger partial charge in [0.05, 0.1) is 23.6 Å². The highest BCUT2D eigenvalue weighted by molar-refractivity contribution is 7.15. The molecule has 4 heterocycles. The number of allylic oxidation sites excluding steroid dienone is 1. The zero-order chi connectivity index (χ0) is 24.6. The van der Waals surface area contributed by atoms with Crippen LogP contribution in [-0.4, -0.2) is 19.9 Å². The normalized spacial score (nSPS) is 13.6. The number of nitrogen functional groups attached to an aromatic ring is 1. The van der Waals surface area contributed by atoms with E-state index in [1.165, 1.54) is 29.0 Å². The Balaban J connectivity index is 1.28. The lowest BCUT2D eigenvalue weighted by atomic mass is 9.83. The highest BCUT2D eigenvalue weighted by Gasteiger charge is 2.20. The quantitative estimate of drug-likeness (QED) is 0.214. The lowest BCUT2D eigenvalue weighted by Gasteiger charge is -2.28. The van der Waals surface area contributed by atoms with Crippen LogP contribution in [0.15, 0.2) is 73.5 Å². The van der Waals surface area contributed by atoms with E-state index in [2.05, 4.69) is 58.0 Å². The van der Waals surface area contributed by atoms with Crippen LogP contribution in [-0.2, 0) is 6.42 Å². The molecular weight excluding hydrogens is 464 g/mol. The summed E-state index contributed by atoms with van der Waals surface area (Å²) in [4.78, 5) is 19.7. The van der Waals surface area contributed by atoms with Gasteiger partial charge in [-0.25, -0.2) is 4.98 Å². The first-order valence-corrected chi connectivity index (χ1v) is 13.0. The van der Waals surface area contributed by atoms with Crippen LogP contribution in [0.5, 0.6) is 0 Å². The van der Waals surface area contributed by atoms with Crippen LogP contribution >= 0.6 is 11.3 Å². The van der Waals surface area contributed by atoms with E-state index in [9.17, 15) is 0 Å². The number of nitrogens with zero attached hydrogens (tertiary/aromatic N) is 3. The Morgan fingerprint density at radius 3 is 2.72 bits per heavy atom. The Hall–Kier alpha value is -3.97. The van der Waals surface area contributed by atoms with Crippen LogP contribution in [0.4, 0.5) is 11.4 Å². The molecule has 0 aliphatic heterocycles. The summed E-state index contributed by atoms with van der Waals surface area (Å²) in [6.07, 6.45) is 11.8. The van der Waals surface area contributed by atoms with Crippen LogP contribution in [0, 0.1) is 12.8 Å². The van der Waals surface area contributed by atoms with Gasteiger partial charge in [-0.2, -0.15) is 0 Å². The molecule has 1 aliphatic rings. The van der Waals surface area contributed by atoms with E-state index in [4.69, 9.17) is 10.7 Å². The number of aromatic nitrogens is 4. The molecule has 4 aromatic heterocycles. The fraction of sp³-hybridized carbons (Fsp3) is 0.207. The average molecular weight is 493 g/mol. The lowest BCUT2D eigenvalue weighted by Crippen LogP contribution is -2.18. The molecule has 0 unspecified atom stereocenters. The summed E-state index contributed by atoms with van der Waals surface area (Å²) in [7, 11) is 0. The first-order chi connectivity index (χ1) is 17.5. The average Bonchev–Trinajstić information content (AvgIpc) is 3.45. The van der Waals surface area contributed by atoms with Crippen LogP contribution in [0.2, 0.25) is 0 Å². The van der Waals surface area contributed by atoms with Gasteiger partial charge in [-0.3, -0.25) is 9.97 Å². The Kier molecular flexibility index (Phi) is 5.77. The predicted octanol–water partition coefficient (Wildman–Crippen LogP) is 6.96. The number of rotatable bonds is 7. The van der Waals surface area contributed by atoms with Crippen molar-refractivity contribution in [3.63, 3.8) is 0 Å². The topological polar surface area (TPSA) is 92.5 Å². The lowest BCUT2D eigenvalue weighted by molar-refractivity contribution is 0.371. The number of aryl methyl sites for hydroxylation is 1. The molecule has 4 N–H and O–H groups in total. The first-order valence-electron chi connectivity index (χ1n) is 12.2. The number of hydrogen-bond donors (Lipinski definition) is 3. The van der Waals surface area contributed by atoms with Crippen molar-refractivity contribution < 1.29 is 0 Å². The summed E-state index contributed by atoms with van der Waals surface area (Å²) in [5.41, 5.74) is 15.2. The third kappa shape index (κ3) is 4.38. The van der Waals surface area contributed by atoms with Crippen molar-refractivity contribution in [1.29, 1.82) is 0 Å². The molecule has 0 radical (unpaired) electrons. The molecule has 0 amide bonds. The largest absolute Gasteiger partial charge is 0.398 e. The van der Waals surface area contributed by atoms with Gasteiger partial charge in [0, 0.05) is 51.1 Å². The first kappa shape index (κ1) is 22.5. The standard InChI is InChI=1S/C29H28N6S/c1-17-6-9-27(36-17)24-15-32-16-26-29(24)35-28(34-26)12-21-10-20(7-8-25(21)30)22-11-23(14-31-13-22)33-18(2)19-4-3-5-19/h6-11,13-16,19,33H,2-5,12,30H2,1H3,(H,34,35).